The summed E-state index contributed by atoms with van der Waals surface area (Å²) in [5.74, 6) is -2.98. The van der Waals surface area contributed by atoms with Gasteiger partial charge in [-0.1, -0.05) is 31.9 Å². The van der Waals surface area contributed by atoms with Crippen LogP contribution in [0.3, 0.4) is 0 Å². The third-order valence-electron chi connectivity index (χ3n) is 5.45. The predicted octanol–water partition coefficient (Wildman–Crippen LogP) is 6.26. The second-order valence-corrected chi connectivity index (χ2v) is 7.35. The highest BCUT2D eigenvalue weighted by molar-refractivity contribution is 5.41. The summed E-state index contributed by atoms with van der Waals surface area (Å²) in [6, 6.07) is 4.79. The van der Waals surface area contributed by atoms with Crippen LogP contribution in [0.1, 0.15) is 62.5 Å². The number of rotatable bonds is 3. The summed E-state index contributed by atoms with van der Waals surface area (Å²) in [7, 11) is 0. The highest BCUT2D eigenvalue weighted by atomic mass is 19.4. The molecule has 1 aliphatic heterocycles. The lowest BCUT2D eigenvalue weighted by atomic mass is 9.77. The average molecular weight is 362 g/mol. The number of halogens is 5. The van der Waals surface area contributed by atoms with Crippen molar-refractivity contribution in [3.8, 4) is 5.75 Å². The smallest absolute Gasteiger partial charge is 0.431 e. The Kier molecular flexibility index (Phi) is 5.00. The number of benzene rings is 1. The maximum Gasteiger partial charge on any atom is 0.431 e. The van der Waals surface area contributed by atoms with E-state index in [4.69, 9.17) is 0 Å². The Morgan fingerprint density at radius 1 is 1.12 bits per heavy atom. The molecule has 140 valence electrons. The number of hydrogen-bond donors (Lipinski definition) is 0. The second kappa shape index (κ2) is 6.76. The molecule has 0 saturated heterocycles. The molecule has 1 fully saturated rings. The summed E-state index contributed by atoms with van der Waals surface area (Å²) in [6.07, 6.45) is -2.43. The molecule has 0 aromatic heterocycles. The Bertz CT molecular complexity index is 602. The fourth-order valence-corrected chi connectivity index (χ4v) is 4.17. The molecule has 2 aliphatic rings. The van der Waals surface area contributed by atoms with Gasteiger partial charge in [-0.2, -0.15) is 13.2 Å². The van der Waals surface area contributed by atoms with Gasteiger partial charge in [0.2, 0.25) is 0 Å². The highest BCUT2D eigenvalue weighted by Crippen LogP contribution is 2.45. The summed E-state index contributed by atoms with van der Waals surface area (Å²) in [5, 5.41) is 0. The average Bonchev–Trinajstić information content (AvgIpc) is 2.53. The van der Waals surface area contributed by atoms with Gasteiger partial charge in [0.25, 0.3) is 12.0 Å². The molecule has 0 radical (unpaired) electrons. The highest BCUT2D eigenvalue weighted by Gasteiger charge is 2.60. The van der Waals surface area contributed by atoms with Crippen molar-refractivity contribution in [3.63, 3.8) is 0 Å². The first-order valence-electron chi connectivity index (χ1n) is 8.94. The lowest BCUT2D eigenvalue weighted by molar-refractivity contribution is -0.264. The van der Waals surface area contributed by atoms with Crippen molar-refractivity contribution < 1.29 is 26.7 Å². The molecule has 0 bridgehead atoms. The third kappa shape index (κ3) is 3.93. The fraction of sp³-hybridized carbons (Fsp3) is 0.684. The van der Waals surface area contributed by atoms with E-state index in [1.54, 1.807) is 12.1 Å². The lowest BCUT2D eigenvalue weighted by Crippen LogP contribution is -2.52. The van der Waals surface area contributed by atoms with Gasteiger partial charge in [0.05, 0.1) is 0 Å². The van der Waals surface area contributed by atoms with Crippen LogP contribution in [0.15, 0.2) is 18.2 Å². The number of hydrogen-bond acceptors (Lipinski definition) is 1. The maximum absolute atomic E-state index is 13.9. The lowest BCUT2D eigenvalue weighted by Gasteiger charge is -2.35. The SMILES string of the molecule is CCCC1CCC(c2ccc3c(c2)CC(F)(F)C(C(F)(F)F)O3)CC1. The van der Waals surface area contributed by atoms with Crippen molar-refractivity contribution in [3.05, 3.63) is 29.3 Å². The zero-order chi connectivity index (χ0) is 18.2. The van der Waals surface area contributed by atoms with Crippen LogP contribution in [0, 0.1) is 5.92 Å². The van der Waals surface area contributed by atoms with Gasteiger partial charge in [0.1, 0.15) is 5.75 Å². The van der Waals surface area contributed by atoms with Gasteiger partial charge in [0.15, 0.2) is 0 Å². The normalized spacial score (nSPS) is 29.0. The monoisotopic (exact) mass is 362 g/mol. The van der Waals surface area contributed by atoms with Gasteiger partial charge in [-0.3, -0.25) is 0 Å². The van der Waals surface area contributed by atoms with Gasteiger partial charge < -0.3 is 4.74 Å². The minimum Gasteiger partial charge on any atom is -0.474 e. The molecule has 1 saturated carbocycles. The van der Waals surface area contributed by atoms with E-state index in [2.05, 4.69) is 11.7 Å². The summed E-state index contributed by atoms with van der Waals surface area (Å²) in [4.78, 5) is 0. The largest absolute Gasteiger partial charge is 0.474 e. The molecular weight excluding hydrogens is 339 g/mol. The Balaban J connectivity index is 1.76. The van der Waals surface area contributed by atoms with E-state index in [1.807, 2.05) is 0 Å². The first-order valence-corrected chi connectivity index (χ1v) is 8.94. The molecule has 0 amide bonds. The van der Waals surface area contributed by atoms with E-state index in [0.29, 0.717) is 5.92 Å². The van der Waals surface area contributed by atoms with Crippen LogP contribution in [0.5, 0.6) is 5.75 Å². The molecule has 1 aromatic rings. The van der Waals surface area contributed by atoms with Crippen molar-refractivity contribution in [2.75, 3.05) is 0 Å². The van der Waals surface area contributed by atoms with E-state index in [1.165, 1.54) is 18.9 Å². The molecule has 6 heteroatoms. The molecule has 1 aliphatic carbocycles. The summed E-state index contributed by atoms with van der Waals surface area (Å²) in [5.41, 5.74) is 1.12. The summed E-state index contributed by atoms with van der Waals surface area (Å²) < 4.78 is 70.8. The number of fused-ring (bicyclic) bond motifs is 1. The van der Waals surface area contributed by atoms with Gasteiger partial charge >= 0.3 is 6.18 Å². The minimum atomic E-state index is -5.09. The first kappa shape index (κ1) is 18.5. The van der Waals surface area contributed by atoms with Crippen molar-refractivity contribution in [2.45, 2.75) is 76.0 Å². The molecule has 1 nitrogen and oxygen atoms in total. The zero-order valence-corrected chi connectivity index (χ0v) is 14.2. The van der Waals surface area contributed by atoms with Crippen LogP contribution >= 0.6 is 0 Å². The molecule has 25 heavy (non-hydrogen) atoms. The molecule has 1 atom stereocenters. The quantitative estimate of drug-likeness (QED) is 0.577. The van der Waals surface area contributed by atoms with E-state index < -0.39 is 24.6 Å². The van der Waals surface area contributed by atoms with Crippen molar-refractivity contribution in [2.24, 2.45) is 5.92 Å². The molecule has 3 rings (SSSR count). The molecule has 0 N–H and O–H groups in total. The molecule has 1 aromatic carbocycles. The van der Waals surface area contributed by atoms with Gasteiger partial charge in [-0.05, 0) is 49.1 Å². The summed E-state index contributed by atoms with van der Waals surface area (Å²) >= 11 is 0. The van der Waals surface area contributed by atoms with E-state index in [-0.39, 0.29) is 11.3 Å². The molecule has 0 spiro atoms. The Morgan fingerprint density at radius 2 is 1.80 bits per heavy atom. The van der Waals surface area contributed by atoms with Crippen LogP contribution in [0.4, 0.5) is 22.0 Å². The predicted molar refractivity (Wildman–Crippen MR) is 85.2 cm³/mol. The van der Waals surface area contributed by atoms with E-state index in [0.717, 1.165) is 37.2 Å². The van der Waals surface area contributed by atoms with Crippen LogP contribution in [0.2, 0.25) is 0 Å². The summed E-state index contributed by atoms with van der Waals surface area (Å²) in [6.45, 7) is 2.17. The van der Waals surface area contributed by atoms with Crippen molar-refractivity contribution >= 4 is 0 Å². The van der Waals surface area contributed by atoms with E-state index in [9.17, 15) is 22.0 Å². The third-order valence-corrected chi connectivity index (χ3v) is 5.45. The standard InChI is InChI=1S/C19H23F5O/c1-2-3-12-4-6-13(7-5-12)14-8-9-16-15(10-14)11-18(20,21)17(25-16)19(22,23)24/h8-10,12-13,17H,2-7,11H2,1H3. The molecule has 1 heterocycles. The zero-order valence-electron chi connectivity index (χ0n) is 14.2. The fourth-order valence-electron chi connectivity index (χ4n) is 4.17. The Labute approximate surface area is 144 Å². The maximum atomic E-state index is 13.9. The van der Waals surface area contributed by atoms with Crippen molar-refractivity contribution in [1.29, 1.82) is 0 Å². The molecule has 1 unspecified atom stereocenters. The Morgan fingerprint density at radius 3 is 2.40 bits per heavy atom. The number of alkyl halides is 5. The molecular formula is C19H23F5O. The van der Waals surface area contributed by atoms with Crippen LogP contribution < -0.4 is 4.74 Å². The van der Waals surface area contributed by atoms with Gasteiger partial charge in [-0.15, -0.1) is 0 Å². The van der Waals surface area contributed by atoms with Crippen LogP contribution in [0.25, 0.3) is 0 Å². The van der Waals surface area contributed by atoms with Crippen molar-refractivity contribution in [1.82, 2.24) is 0 Å². The van der Waals surface area contributed by atoms with Crippen LogP contribution in [-0.2, 0) is 6.42 Å². The van der Waals surface area contributed by atoms with Crippen LogP contribution in [-0.4, -0.2) is 18.2 Å². The van der Waals surface area contributed by atoms with Gasteiger partial charge in [0, 0.05) is 12.0 Å². The Hall–Kier alpha value is -1.33. The topological polar surface area (TPSA) is 9.23 Å². The first-order chi connectivity index (χ1) is 11.7. The number of ether oxygens (including phenoxy) is 1. The van der Waals surface area contributed by atoms with Gasteiger partial charge in [-0.25, -0.2) is 8.78 Å². The minimum absolute atomic E-state index is 0.0725. The second-order valence-electron chi connectivity index (χ2n) is 7.35. The van der Waals surface area contributed by atoms with E-state index >= 15 is 0 Å².